The molecular weight excluding hydrogens is 629 g/mol. The van der Waals surface area contributed by atoms with Crippen LogP contribution in [-0.4, -0.2) is 44.3 Å². The topological polar surface area (TPSA) is 86.8 Å². The van der Waals surface area contributed by atoms with Gasteiger partial charge in [0.25, 0.3) is 10.0 Å². The third-order valence-electron chi connectivity index (χ3n) is 7.19. The Kier molecular flexibility index (Phi) is 11.7. The molecule has 0 aromatic heterocycles. The fraction of sp³-hybridized carbons (Fsp3) is 0.257. The summed E-state index contributed by atoms with van der Waals surface area (Å²) >= 11 is 12.5. The molecule has 7 nitrogen and oxygen atoms in total. The second kappa shape index (κ2) is 15.4. The Morgan fingerprint density at radius 3 is 2.09 bits per heavy atom. The average Bonchev–Trinajstić information content (AvgIpc) is 3.02. The van der Waals surface area contributed by atoms with Crippen LogP contribution in [0, 0.1) is 12.8 Å². The van der Waals surface area contributed by atoms with E-state index in [0.717, 1.165) is 15.4 Å². The van der Waals surface area contributed by atoms with Crippen molar-refractivity contribution < 1.29 is 18.0 Å². The maximum atomic E-state index is 14.5. The van der Waals surface area contributed by atoms with E-state index in [0.29, 0.717) is 27.8 Å². The molecule has 4 aromatic carbocycles. The molecule has 0 aliphatic carbocycles. The van der Waals surface area contributed by atoms with Crippen LogP contribution >= 0.6 is 23.2 Å². The lowest BCUT2D eigenvalue weighted by molar-refractivity contribution is -0.140. The molecule has 0 heterocycles. The highest BCUT2D eigenvalue weighted by Crippen LogP contribution is 2.27. The van der Waals surface area contributed by atoms with E-state index in [4.69, 9.17) is 23.2 Å². The van der Waals surface area contributed by atoms with Crippen LogP contribution in [0.4, 0.5) is 5.69 Å². The first kappa shape index (κ1) is 34.0. The maximum absolute atomic E-state index is 14.5. The molecule has 0 saturated carbocycles. The Morgan fingerprint density at radius 1 is 0.800 bits per heavy atom. The van der Waals surface area contributed by atoms with Gasteiger partial charge in [0, 0.05) is 19.5 Å². The molecule has 0 radical (unpaired) electrons. The Hall–Kier alpha value is -3.85. The number of benzene rings is 4. The van der Waals surface area contributed by atoms with Crippen LogP contribution < -0.4 is 9.62 Å². The number of carbonyl (C=O) groups is 2. The van der Waals surface area contributed by atoms with Crippen LogP contribution in [0.15, 0.2) is 108 Å². The summed E-state index contributed by atoms with van der Waals surface area (Å²) in [6, 6.07) is 28.4. The highest BCUT2D eigenvalue weighted by atomic mass is 35.5. The van der Waals surface area contributed by atoms with Crippen molar-refractivity contribution in [3.63, 3.8) is 0 Å². The maximum Gasteiger partial charge on any atom is 0.264 e. The Balaban J connectivity index is 1.81. The van der Waals surface area contributed by atoms with Crippen LogP contribution in [0.5, 0.6) is 0 Å². The van der Waals surface area contributed by atoms with E-state index >= 15 is 0 Å². The van der Waals surface area contributed by atoms with Crippen LogP contribution in [0.2, 0.25) is 10.0 Å². The average molecular weight is 667 g/mol. The molecule has 236 valence electrons. The van der Waals surface area contributed by atoms with Gasteiger partial charge in [-0.05, 0) is 65.9 Å². The van der Waals surface area contributed by atoms with Crippen molar-refractivity contribution in [3.05, 3.63) is 130 Å². The SMILES string of the molecule is Cc1cccc(N(CC(=O)N(Cc2ccc(Cl)c(Cl)c2)[C@H](Cc2ccccc2)C(=O)NCC(C)C)S(=O)(=O)c2ccccc2)c1. The molecule has 0 saturated heterocycles. The van der Waals surface area contributed by atoms with Crippen molar-refractivity contribution in [2.24, 2.45) is 5.92 Å². The number of anilines is 1. The van der Waals surface area contributed by atoms with Gasteiger partial charge in [-0.2, -0.15) is 0 Å². The monoisotopic (exact) mass is 665 g/mol. The van der Waals surface area contributed by atoms with Gasteiger partial charge in [-0.1, -0.05) is 104 Å². The van der Waals surface area contributed by atoms with Gasteiger partial charge in [0.1, 0.15) is 12.6 Å². The van der Waals surface area contributed by atoms with E-state index in [1.165, 1.54) is 17.0 Å². The molecule has 4 aromatic rings. The minimum atomic E-state index is -4.16. The summed E-state index contributed by atoms with van der Waals surface area (Å²) in [4.78, 5) is 29.8. The number of amides is 2. The lowest BCUT2D eigenvalue weighted by Gasteiger charge is -2.34. The summed E-state index contributed by atoms with van der Waals surface area (Å²) in [5.74, 6) is -0.713. The molecule has 0 spiro atoms. The summed E-state index contributed by atoms with van der Waals surface area (Å²) in [6.45, 7) is 5.69. The molecule has 1 N–H and O–H groups in total. The lowest BCUT2D eigenvalue weighted by atomic mass is 10.0. The highest BCUT2D eigenvalue weighted by Gasteiger charge is 2.34. The first-order valence-electron chi connectivity index (χ1n) is 14.6. The van der Waals surface area contributed by atoms with Gasteiger partial charge in [-0.3, -0.25) is 13.9 Å². The van der Waals surface area contributed by atoms with E-state index in [2.05, 4.69) is 5.32 Å². The van der Waals surface area contributed by atoms with E-state index in [-0.39, 0.29) is 29.7 Å². The van der Waals surface area contributed by atoms with Crippen LogP contribution in [0.25, 0.3) is 0 Å². The summed E-state index contributed by atoms with van der Waals surface area (Å²) < 4.78 is 29.2. The second-order valence-corrected chi connectivity index (χ2v) is 14.0. The van der Waals surface area contributed by atoms with Gasteiger partial charge in [0.2, 0.25) is 11.8 Å². The number of rotatable bonds is 13. The largest absolute Gasteiger partial charge is 0.354 e. The first-order valence-corrected chi connectivity index (χ1v) is 16.8. The van der Waals surface area contributed by atoms with Crippen molar-refractivity contribution in [2.75, 3.05) is 17.4 Å². The molecule has 0 bridgehead atoms. The van der Waals surface area contributed by atoms with Gasteiger partial charge in [-0.25, -0.2) is 8.42 Å². The predicted octanol–water partition coefficient (Wildman–Crippen LogP) is 6.91. The third kappa shape index (κ3) is 9.10. The number of halogens is 2. The minimum absolute atomic E-state index is 0.00460. The standard InChI is InChI=1S/C35H37Cl2N3O4S/c1-25(2)22-38-35(42)33(21-27-12-6-4-7-13-27)39(23-28-17-18-31(36)32(37)20-28)34(41)24-40(29-14-10-11-26(3)19-29)45(43,44)30-15-8-5-9-16-30/h4-20,25,33H,21-24H2,1-3H3,(H,38,42)/t33-/m1/s1. The van der Waals surface area contributed by atoms with Gasteiger partial charge >= 0.3 is 0 Å². The predicted molar refractivity (Wildman–Crippen MR) is 181 cm³/mol. The summed E-state index contributed by atoms with van der Waals surface area (Å²) in [5, 5.41) is 3.64. The van der Waals surface area contributed by atoms with E-state index in [9.17, 15) is 18.0 Å². The molecule has 45 heavy (non-hydrogen) atoms. The Bertz CT molecular complexity index is 1720. The molecule has 10 heteroatoms. The zero-order valence-corrected chi connectivity index (χ0v) is 27.8. The number of nitrogens with zero attached hydrogens (tertiary/aromatic N) is 2. The molecule has 0 aliphatic rings. The van der Waals surface area contributed by atoms with Gasteiger partial charge < -0.3 is 10.2 Å². The zero-order valence-electron chi connectivity index (χ0n) is 25.5. The fourth-order valence-electron chi connectivity index (χ4n) is 4.84. The highest BCUT2D eigenvalue weighted by molar-refractivity contribution is 7.92. The number of nitrogens with one attached hydrogen (secondary N) is 1. The van der Waals surface area contributed by atoms with Crippen molar-refractivity contribution in [1.82, 2.24) is 10.2 Å². The number of carbonyl (C=O) groups excluding carboxylic acids is 2. The molecule has 0 aliphatic heterocycles. The molecule has 0 fully saturated rings. The van der Waals surface area contributed by atoms with E-state index in [1.807, 2.05) is 57.2 Å². The van der Waals surface area contributed by atoms with E-state index in [1.54, 1.807) is 54.6 Å². The van der Waals surface area contributed by atoms with Gasteiger partial charge in [0.15, 0.2) is 0 Å². The lowest BCUT2D eigenvalue weighted by Crippen LogP contribution is -2.53. The van der Waals surface area contributed by atoms with Gasteiger partial charge in [-0.15, -0.1) is 0 Å². The van der Waals surface area contributed by atoms with Crippen molar-refractivity contribution in [2.45, 2.75) is 44.7 Å². The van der Waals surface area contributed by atoms with Crippen LogP contribution in [-0.2, 0) is 32.6 Å². The van der Waals surface area contributed by atoms with Crippen molar-refractivity contribution in [3.8, 4) is 0 Å². The van der Waals surface area contributed by atoms with Crippen LogP contribution in [0.1, 0.15) is 30.5 Å². The second-order valence-electron chi connectivity index (χ2n) is 11.3. The number of sulfonamides is 1. The smallest absolute Gasteiger partial charge is 0.264 e. The minimum Gasteiger partial charge on any atom is -0.354 e. The summed E-state index contributed by atoms with van der Waals surface area (Å²) in [5.41, 5.74) is 2.66. The van der Waals surface area contributed by atoms with Gasteiger partial charge in [0.05, 0.1) is 20.6 Å². The quantitative estimate of drug-likeness (QED) is 0.168. The molecule has 2 amide bonds. The number of hydrogen-bond acceptors (Lipinski definition) is 4. The molecule has 1 atom stereocenters. The Morgan fingerprint density at radius 2 is 1.47 bits per heavy atom. The van der Waals surface area contributed by atoms with Crippen molar-refractivity contribution in [1.29, 1.82) is 0 Å². The zero-order chi connectivity index (χ0) is 32.6. The molecular formula is C35H37Cl2N3O4S. The normalized spacial score (nSPS) is 12.0. The van der Waals surface area contributed by atoms with Crippen LogP contribution in [0.3, 0.4) is 0 Å². The third-order valence-corrected chi connectivity index (χ3v) is 9.72. The summed E-state index contributed by atoms with van der Waals surface area (Å²) in [7, 11) is -4.16. The first-order chi connectivity index (χ1) is 21.5. The summed E-state index contributed by atoms with van der Waals surface area (Å²) in [6.07, 6.45) is 0.216. The fourth-order valence-corrected chi connectivity index (χ4v) is 6.59. The number of aryl methyl sites for hydroxylation is 1. The molecule has 4 rings (SSSR count). The van der Waals surface area contributed by atoms with Crippen molar-refractivity contribution >= 4 is 50.7 Å². The van der Waals surface area contributed by atoms with E-state index < -0.39 is 28.5 Å². The molecule has 0 unspecified atom stereocenters. The number of hydrogen-bond donors (Lipinski definition) is 1. The Labute approximate surface area is 275 Å².